The highest BCUT2D eigenvalue weighted by Crippen LogP contribution is 2.29. The smallest absolute Gasteiger partial charge is 0.329 e. The summed E-state index contributed by atoms with van der Waals surface area (Å²) >= 11 is 0. The number of carbonyl (C=O) groups excluding carboxylic acids is 8. The molecule has 2 fully saturated rings. The molecule has 19 heteroatoms. The number of esters is 2. The molecule has 1 unspecified atom stereocenters. The number of fused-ring (bicyclic) bond motifs is 2. The summed E-state index contributed by atoms with van der Waals surface area (Å²) in [6.07, 6.45) is 5.49. The van der Waals surface area contributed by atoms with Crippen molar-refractivity contribution in [1.29, 1.82) is 0 Å². The molecule has 0 aromatic heterocycles. The molecular formula is C56H94N6O13. The molecule has 1 N–H and O–H groups in total. The molecule has 3 aliphatic rings. The van der Waals surface area contributed by atoms with Gasteiger partial charge in [-0.15, -0.1) is 0 Å². The van der Waals surface area contributed by atoms with Gasteiger partial charge in [-0.2, -0.15) is 0 Å². The van der Waals surface area contributed by atoms with Gasteiger partial charge in [0.25, 0.3) is 5.91 Å². The molecule has 75 heavy (non-hydrogen) atoms. The van der Waals surface area contributed by atoms with Crippen molar-refractivity contribution in [2.24, 2.45) is 29.6 Å². The number of cyclic esters (lactones) is 2. The third-order valence-corrected chi connectivity index (χ3v) is 16.0. The molecule has 3 aliphatic heterocycles. The third-order valence-electron chi connectivity index (χ3n) is 16.0. The SMILES string of the molecule is CC[C@@H]1CCC[C@@H](O)[C@@H](C)C(=O)O[C@H](C)[C@@H](C)C/C=C(C)/C(OC)=C\C(=O)N(C)C([C@@H](C)CC)C(=O)N(C)[C@@H](C(C)C)C(=O)N(C)[C@@H](COC)C(=O)N2CCC[C@H]2C(=O)N(C)[C@@H](C(C)C)C(=O)N2CCC[C@H]2C(=O)O1. The van der Waals surface area contributed by atoms with Crippen molar-refractivity contribution in [2.45, 2.75) is 195 Å². The number of rotatable bonds is 8. The normalized spacial score (nSPS) is 32.1. The summed E-state index contributed by atoms with van der Waals surface area (Å²) in [5.74, 6) is -5.91. The van der Waals surface area contributed by atoms with Crippen LogP contribution in [0.25, 0.3) is 0 Å². The van der Waals surface area contributed by atoms with Crippen molar-refractivity contribution in [3.8, 4) is 0 Å². The van der Waals surface area contributed by atoms with Crippen molar-refractivity contribution >= 4 is 47.4 Å². The van der Waals surface area contributed by atoms with Gasteiger partial charge in [0, 0.05) is 54.5 Å². The van der Waals surface area contributed by atoms with Crippen LogP contribution in [-0.4, -0.2) is 199 Å². The number of aliphatic hydroxyl groups is 1. The van der Waals surface area contributed by atoms with Crippen LogP contribution in [0, 0.1) is 29.6 Å². The average molecular weight is 1060 g/mol. The number of methoxy groups -OCH3 is 2. The summed E-state index contributed by atoms with van der Waals surface area (Å²) in [5.41, 5.74) is 0.639. The minimum absolute atomic E-state index is 0.165. The van der Waals surface area contributed by atoms with Crippen LogP contribution in [0.2, 0.25) is 0 Å². The van der Waals surface area contributed by atoms with Crippen LogP contribution in [0.1, 0.15) is 140 Å². The number of hydrogen-bond donors (Lipinski definition) is 1. The lowest BCUT2D eigenvalue weighted by Crippen LogP contribution is -2.62. The number of ether oxygens (including phenoxy) is 4. The van der Waals surface area contributed by atoms with Crippen LogP contribution in [0.15, 0.2) is 23.5 Å². The first-order valence-corrected chi connectivity index (χ1v) is 27.4. The summed E-state index contributed by atoms with van der Waals surface area (Å²) in [7, 11) is 8.94. The highest BCUT2D eigenvalue weighted by molar-refractivity contribution is 5.98. The summed E-state index contributed by atoms with van der Waals surface area (Å²) in [4.78, 5) is 123. The molecule has 0 saturated carbocycles. The zero-order chi connectivity index (χ0) is 56.8. The maximum absolute atomic E-state index is 14.8. The van der Waals surface area contributed by atoms with Crippen molar-refractivity contribution in [3.05, 3.63) is 23.5 Å². The first-order valence-electron chi connectivity index (χ1n) is 27.4. The predicted molar refractivity (Wildman–Crippen MR) is 284 cm³/mol. The Hall–Kier alpha value is -5.04. The Labute approximate surface area is 448 Å². The van der Waals surface area contributed by atoms with Gasteiger partial charge in [-0.1, -0.05) is 67.9 Å². The molecule has 0 aromatic carbocycles. The molecule has 426 valence electrons. The molecule has 0 radical (unpaired) electrons. The van der Waals surface area contributed by atoms with E-state index in [9.17, 15) is 43.5 Å². The van der Waals surface area contributed by atoms with Crippen LogP contribution in [0.5, 0.6) is 0 Å². The van der Waals surface area contributed by atoms with Crippen LogP contribution < -0.4 is 0 Å². The summed E-state index contributed by atoms with van der Waals surface area (Å²) in [5, 5.41) is 11.1. The van der Waals surface area contributed by atoms with Crippen molar-refractivity contribution < 1.29 is 62.4 Å². The quantitative estimate of drug-likeness (QED) is 0.310. The number of nitrogens with zero attached hydrogens (tertiary/aromatic N) is 6. The Kier molecular flexibility index (Phi) is 25.2. The lowest BCUT2D eigenvalue weighted by atomic mass is 9.93. The van der Waals surface area contributed by atoms with Crippen LogP contribution in [0.3, 0.4) is 0 Å². The van der Waals surface area contributed by atoms with Crippen molar-refractivity contribution in [2.75, 3.05) is 62.1 Å². The minimum atomic E-state index is -1.19. The monoisotopic (exact) mass is 1060 g/mol. The van der Waals surface area contributed by atoms with Crippen molar-refractivity contribution in [1.82, 2.24) is 29.4 Å². The molecule has 19 nitrogen and oxygen atoms in total. The number of amides is 6. The number of aliphatic hydroxyl groups excluding tert-OH is 1. The number of likely N-dealkylation sites (N-methyl/N-ethyl adjacent to an activating group) is 4. The first kappa shape index (κ1) is 64.2. The maximum atomic E-state index is 14.8. The maximum Gasteiger partial charge on any atom is 0.329 e. The van der Waals surface area contributed by atoms with Gasteiger partial charge in [0.15, 0.2) is 0 Å². The van der Waals surface area contributed by atoms with E-state index in [4.69, 9.17) is 18.9 Å². The summed E-state index contributed by atoms with van der Waals surface area (Å²) in [6, 6.07) is -6.08. The molecule has 0 spiro atoms. The van der Waals surface area contributed by atoms with Gasteiger partial charge < -0.3 is 53.5 Å². The van der Waals surface area contributed by atoms with Crippen LogP contribution in [0.4, 0.5) is 0 Å². The van der Waals surface area contributed by atoms with Gasteiger partial charge in [0.1, 0.15) is 54.2 Å². The topological polar surface area (TPSA) is 213 Å². The van der Waals surface area contributed by atoms with Gasteiger partial charge in [0.05, 0.1) is 25.7 Å². The van der Waals surface area contributed by atoms with E-state index in [0.717, 1.165) is 0 Å². The number of hydrogen-bond acceptors (Lipinski definition) is 13. The van der Waals surface area contributed by atoms with E-state index in [1.807, 2.05) is 47.6 Å². The molecule has 12 atom stereocenters. The summed E-state index contributed by atoms with van der Waals surface area (Å²) < 4.78 is 23.1. The second-order valence-electron chi connectivity index (χ2n) is 22.1. The Morgan fingerprint density at radius 2 is 1.20 bits per heavy atom. The molecule has 0 bridgehead atoms. The third kappa shape index (κ3) is 16.0. The second-order valence-corrected chi connectivity index (χ2v) is 22.1. The predicted octanol–water partition coefficient (Wildman–Crippen LogP) is 5.22. The number of carbonyl (C=O) groups is 8. The fraction of sp³-hybridized carbons (Fsp3) is 0.786. The van der Waals surface area contributed by atoms with Gasteiger partial charge in [-0.05, 0) is 108 Å². The standard InChI is InChI=1S/C56H94N6O13/c1-18-35(7)49-53(68)60(15)47(33(3)4)52(67)57(12)43(32-72-16)51(66)61-29-21-24-41(61)50(65)59(14)48(34(5)6)54(69)62-30-22-25-42(62)56(71)75-40(19-2)23-20-26-44(63)38(10)55(70)74-39(11)36(8)27-28-37(9)45(73-17)31-46(64)58(49)13/h28,31,33-36,38-44,47-49,63H,18-27,29-30,32H2,1-17H3/b37-28+,45-31+/t35-,36-,38+,39+,40+,41-,42-,43-,44+,47-,48-,49?/m0/s1. The van der Waals surface area contributed by atoms with E-state index >= 15 is 0 Å². The van der Waals surface area contributed by atoms with Crippen LogP contribution >= 0.6 is 0 Å². The highest BCUT2D eigenvalue weighted by atomic mass is 16.5. The van der Waals surface area contributed by atoms with E-state index in [1.54, 1.807) is 41.7 Å². The zero-order valence-electron chi connectivity index (χ0n) is 48.5. The number of allylic oxidation sites excluding steroid dienone is 2. The molecule has 0 aromatic rings. The fourth-order valence-electron chi connectivity index (χ4n) is 10.6. The van der Waals surface area contributed by atoms with E-state index < -0.39 is 114 Å². The Morgan fingerprint density at radius 3 is 1.75 bits per heavy atom. The van der Waals surface area contributed by atoms with Gasteiger partial charge in [-0.3, -0.25) is 33.6 Å². The van der Waals surface area contributed by atoms with E-state index in [2.05, 4.69) is 0 Å². The van der Waals surface area contributed by atoms with Gasteiger partial charge >= 0.3 is 11.9 Å². The van der Waals surface area contributed by atoms with E-state index in [1.165, 1.54) is 70.8 Å². The first-order chi connectivity index (χ1) is 35.2. The Bertz CT molecular complexity index is 2040. The molecule has 3 rings (SSSR count). The fourth-order valence-corrected chi connectivity index (χ4v) is 10.6. The van der Waals surface area contributed by atoms with Gasteiger partial charge in [0.2, 0.25) is 29.5 Å². The van der Waals surface area contributed by atoms with Crippen LogP contribution in [-0.2, 0) is 57.3 Å². The second kappa shape index (κ2) is 29.5. The largest absolute Gasteiger partial charge is 0.496 e. The lowest BCUT2D eigenvalue weighted by Gasteiger charge is -2.41. The Morgan fingerprint density at radius 1 is 0.653 bits per heavy atom. The molecule has 6 amide bonds. The average Bonchev–Trinajstić information content (AvgIpc) is 4.08. The Balaban J connectivity index is 2.11. The molecule has 3 heterocycles. The molecule has 0 aliphatic carbocycles. The van der Waals surface area contributed by atoms with E-state index in [-0.39, 0.29) is 43.1 Å². The molecular weight excluding hydrogens is 965 g/mol. The summed E-state index contributed by atoms with van der Waals surface area (Å²) in [6.45, 7) is 20.3. The van der Waals surface area contributed by atoms with E-state index in [0.29, 0.717) is 69.9 Å². The van der Waals surface area contributed by atoms with Crippen molar-refractivity contribution in [3.63, 3.8) is 0 Å². The zero-order valence-corrected chi connectivity index (χ0v) is 48.5. The molecule has 2 saturated heterocycles. The van der Waals surface area contributed by atoms with Gasteiger partial charge in [-0.25, -0.2) is 4.79 Å². The lowest BCUT2D eigenvalue weighted by molar-refractivity contribution is -0.162. The minimum Gasteiger partial charge on any atom is -0.496 e. The highest BCUT2D eigenvalue weighted by Gasteiger charge is 2.47.